The Morgan fingerprint density at radius 1 is 0.897 bits per heavy atom. The molecule has 1 N–H and O–H groups in total. The van der Waals surface area contributed by atoms with E-state index in [-0.39, 0.29) is 28.6 Å². The Balaban J connectivity index is 2.15. The molecule has 0 radical (unpaired) electrons. The van der Waals surface area contributed by atoms with Crippen molar-refractivity contribution in [1.29, 1.82) is 0 Å². The second kappa shape index (κ2) is 8.05. The molecular formula is C19H17N3O7. The van der Waals surface area contributed by atoms with Crippen molar-refractivity contribution in [2.75, 3.05) is 0 Å². The van der Waals surface area contributed by atoms with E-state index in [1.807, 2.05) is 0 Å². The SMILES string of the molecule is O=C(O)CCCCCn1c2ccc([N+](=O)[O-])cc2c(=O)c2cc([N+](=O)[O-])ccc21. The minimum Gasteiger partial charge on any atom is -0.481 e. The van der Waals surface area contributed by atoms with Gasteiger partial charge in [-0.2, -0.15) is 0 Å². The second-order valence-electron chi connectivity index (χ2n) is 6.60. The van der Waals surface area contributed by atoms with Crippen LogP contribution in [0.25, 0.3) is 21.8 Å². The highest BCUT2D eigenvalue weighted by Crippen LogP contribution is 2.26. The molecule has 0 aliphatic rings. The molecule has 0 unspecified atom stereocenters. The van der Waals surface area contributed by atoms with Gasteiger partial charge in [0.2, 0.25) is 0 Å². The molecule has 1 heterocycles. The van der Waals surface area contributed by atoms with Gasteiger partial charge in [0.25, 0.3) is 11.4 Å². The average molecular weight is 399 g/mol. The van der Waals surface area contributed by atoms with Crippen LogP contribution >= 0.6 is 0 Å². The number of pyridine rings is 1. The Morgan fingerprint density at radius 3 is 1.86 bits per heavy atom. The number of nitro benzene ring substituents is 2. The quantitative estimate of drug-likeness (QED) is 0.263. The van der Waals surface area contributed by atoms with Gasteiger partial charge in [-0.1, -0.05) is 6.42 Å². The van der Waals surface area contributed by atoms with Crippen LogP contribution in [0, 0.1) is 20.2 Å². The van der Waals surface area contributed by atoms with Gasteiger partial charge in [0.1, 0.15) is 0 Å². The van der Waals surface area contributed by atoms with Crippen LogP contribution in [-0.4, -0.2) is 25.5 Å². The molecule has 0 saturated carbocycles. The van der Waals surface area contributed by atoms with Crippen molar-refractivity contribution in [2.24, 2.45) is 0 Å². The normalized spacial score (nSPS) is 11.0. The Morgan fingerprint density at radius 2 is 1.41 bits per heavy atom. The lowest BCUT2D eigenvalue weighted by Crippen LogP contribution is -2.12. The Kier molecular flexibility index (Phi) is 5.53. The number of unbranched alkanes of at least 4 members (excludes halogenated alkanes) is 2. The number of rotatable bonds is 8. The maximum absolute atomic E-state index is 12.9. The van der Waals surface area contributed by atoms with Crippen LogP contribution in [0.1, 0.15) is 25.7 Å². The van der Waals surface area contributed by atoms with Crippen molar-refractivity contribution < 1.29 is 19.7 Å². The number of carbonyl (C=O) groups is 1. The highest BCUT2D eigenvalue weighted by Gasteiger charge is 2.17. The molecule has 0 aliphatic carbocycles. The summed E-state index contributed by atoms with van der Waals surface area (Å²) in [5.74, 6) is -0.871. The summed E-state index contributed by atoms with van der Waals surface area (Å²) in [6.45, 7) is 0.433. The molecule has 0 aliphatic heterocycles. The Labute approximate surface area is 163 Å². The van der Waals surface area contributed by atoms with Crippen molar-refractivity contribution >= 4 is 39.1 Å². The minimum absolute atomic E-state index is 0.0596. The fourth-order valence-electron chi connectivity index (χ4n) is 3.35. The van der Waals surface area contributed by atoms with Gasteiger partial charge in [-0.25, -0.2) is 0 Å². The summed E-state index contributed by atoms with van der Waals surface area (Å²) in [4.78, 5) is 44.6. The number of fused-ring (bicyclic) bond motifs is 2. The topological polar surface area (TPSA) is 146 Å². The zero-order valence-electron chi connectivity index (χ0n) is 15.2. The summed E-state index contributed by atoms with van der Waals surface area (Å²) in [5, 5.41) is 31.2. The lowest BCUT2D eigenvalue weighted by atomic mass is 10.1. The number of carboxylic acid groups (broad SMARTS) is 1. The van der Waals surface area contributed by atoms with E-state index in [4.69, 9.17) is 5.11 Å². The molecule has 10 nitrogen and oxygen atoms in total. The van der Waals surface area contributed by atoms with E-state index in [0.29, 0.717) is 36.8 Å². The third-order valence-electron chi connectivity index (χ3n) is 4.73. The van der Waals surface area contributed by atoms with Gasteiger partial charge >= 0.3 is 5.97 Å². The number of aromatic nitrogens is 1. The summed E-state index contributed by atoms with van der Waals surface area (Å²) >= 11 is 0. The first kappa shape index (κ1) is 19.9. The summed E-state index contributed by atoms with van der Waals surface area (Å²) in [5.41, 5.74) is -0.0234. The highest BCUT2D eigenvalue weighted by atomic mass is 16.6. The standard InChI is InChI=1S/C19H17N3O7/c23-18(24)4-2-1-3-9-20-16-7-5-12(21(26)27)10-14(16)19(25)15-11-13(22(28)29)6-8-17(15)20/h5-8,10-11H,1-4,9H2,(H,23,24). The van der Waals surface area contributed by atoms with Crippen molar-refractivity contribution in [3.05, 3.63) is 66.9 Å². The van der Waals surface area contributed by atoms with Crippen molar-refractivity contribution in [2.45, 2.75) is 32.2 Å². The molecule has 0 amide bonds. The maximum atomic E-state index is 12.9. The number of non-ortho nitro benzene ring substituents is 2. The van der Waals surface area contributed by atoms with Crippen molar-refractivity contribution in [3.8, 4) is 0 Å². The number of aryl methyl sites for hydroxylation is 1. The number of aliphatic carboxylic acids is 1. The molecule has 2 aromatic carbocycles. The Bertz CT molecular complexity index is 1120. The van der Waals surface area contributed by atoms with Gasteiger partial charge in [0.05, 0.1) is 31.7 Å². The molecule has 3 aromatic rings. The molecule has 0 saturated heterocycles. The summed E-state index contributed by atoms with van der Waals surface area (Å²) < 4.78 is 1.79. The Hall–Kier alpha value is -3.82. The van der Waals surface area contributed by atoms with Gasteiger partial charge in [-0.05, 0) is 25.0 Å². The monoisotopic (exact) mass is 399 g/mol. The maximum Gasteiger partial charge on any atom is 0.303 e. The van der Waals surface area contributed by atoms with Gasteiger partial charge in [0, 0.05) is 37.2 Å². The molecule has 0 bridgehead atoms. The lowest BCUT2D eigenvalue weighted by molar-refractivity contribution is -0.384. The van der Waals surface area contributed by atoms with Crippen LogP contribution in [0.2, 0.25) is 0 Å². The molecule has 29 heavy (non-hydrogen) atoms. The fourth-order valence-corrected chi connectivity index (χ4v) is 3.35. The summed E-state index contributed by atoms with van der Waals surface area (Å²) in [7, 11) is 0. The molecule has 10 heteroatoms. The summed E-state index contributed by atoms with van der Waals surface area (Å²) in [6.07, 6.45) is 1.82. The molecule has 0 atom stereocenters. The number of benzene rings is 2. The zero-order valence-corrected chi connectivity index (χ0v) is 15.2. The van der Waals surface area contributed by atoms with Crippen LogP contribution in [0.4, 0.5) is 11.4 Å². The number of nitro groups is 2. The first-order chi connectivity index (χ1) is 13.8. The van der Waals surface area contributed by atoms with Crippen LogP contribution in [0.5, 0.6) is 0 Å². The van der Waals surface area contributed by atoms with Crippen LogP contribution in [0.15, 0.2) is 41.2 Å². The fraction of sp³-hybridized carbons (Fsp3) is 0.263. The molecular weight excluding hydrogens is 382 g/mol. The van der Waals surface area contributed by atoms with E-state index in [1.54, 1.807) is 4.57 Å². The van der Waals surface area contributed by atoms with Gasteiger partial charge < -0.3 is 9.67 Å². The van der Waals surface area contributed by atoms with Gasteiger partial charge in [-0.3, -0.25) is 29.8 Å². The van der Waals surface area contributed by atoms with Crippen LogP contribution < -0.4 is 5.43 Å². The van der Waals surface area contributed by atoms with E-state index >= 15 is 0 Å². The van der Waals surface area contributed by atoms with Crippen molar-refractivity contribution in [3.63, 3.8) is 0 Å². The number of hydrogen-bond acceptors (Lipinski definition) is 6. The first-order valence-electron chi connectivity index (χ1n) is 8.90. The lowest BCUT2D eigenvalue weighted by Gasteiger charge is -2.15. The van der Waals surface area contributed by atoms with E-state index in [9.17, 15) is 29.8 Å². The predicted molar refractivity (Wildman–Crippen MR) is 105 cm³/mol. The number of nitrogens with zero attached hydrogens (tertiary/aromatic N) is 3. The highest BCUT2D eigenvalue weighted by molar-refractivity contribution is 5.95. The third-order valence-corrected chi connectivity index (χ3v) is 4.73. The van der Waals surface area contributed by atoms with E-state index < -0.39 is 21.2 Å². The number of hydrogen-bond donors (Lipinski definition) is 1. The molecule has 0 spiro atoms. The molecule has 0 fully saturated rings. The van der Waals surface area contributed by atoms with E-state index in [0.717, 1.165) is 0 Å². The average Bonchev–Trinajstić information content (AvgIpc) is 2.68. The third kappa shape index (κ3) is 4.05. The predicted octanol–water partition coefficient (Wildman–Crippen LogP) is 3.62. The summed E-state index contributed by atoms with van der Waals surface area (Å²) in [6, 6.07) is 7.95. The number of carboxylic acids is 1. The van der Waals surface area contributed by atoms with Gasteiger partial charge in [0.15, 0.2) is 5.43 Å². The van der Waals surface area contributed by atoms with E-state index in [2.05, 4.69) is 0 Å². The molecule has 1 aromatic heterocycles. The smallest absolute Gasteiger partial charge is 0.303 e. The first-order valence-corrected chi connectivity index (χ1v) is 8.90. The van der Waals surface area contributed by atoms with Gasteiger partial charge in [-0.15, -0.1) is 0 Å². The molecule has 150 valence electrons. The zero-order chi connectivity index (χ0) is 21.1. The molecule has 3 rings (SSSR count). The van der Waals surface area contributed by atoms with Crippen molar-refractivity contribution in [1.82, 2.24) is 4.57 Å². The van der Waals surface area contributed by atoms with Crippen LogP contribution in [0.3, 0.4) is 0 Å². The minimum atomic E-state index is -0.871. The second-order valence-corrected chi connectivity index (χ2v) is 6.60. The van der Waals surface area contributed by atoms with Crippen LogP contribution in [-0.2, 0) is 11.3 Å². The van der Waals surface area contributed by atoms with E-state index in [1.165, 1.54) is 36.4 Å². The largest absolute Gasteiger partial charge is 0.481 e.